The van der Waals surface area contributed by atoms with E-state index in [-0.39, 0.29) is 6.04 Å². The lowest BCUT2D eigenvalue weighted by atomic mass is 10.00. The van der Waals surface area contributed by atoms with Gasteiger partial charge in [0.2, 0.25) is 0 Å². The highest BCUT2D eigenvalue weighted by Gasteiger charge is 2.10. The Hall–Kier alpha value is -1.74. The fourth-order valence-corrected chi connectivity index (χ4v) is 1.83. The average molecular weight is 213 g/mol. The minimum absolute atomic E-state index is 0.202. The lowest BCUT2D eigenvalue weighted by molar-refractivity contribution is 0.815. The SMILES string of the molecule is Cc1cc(C)cc(C(N)c2cnccn2)c1. The van der Waals surface area contributed by atoms with Crippen LogP contribution >= 0.6 is 0 Å². The van der Waals surface area contributed by atoms with E-state index in [9.17, 15) is 0 Å². The molecule has 2 rings (SSSR count). The van der Waals surface area contributed by atoms with Crippen molar-refractivity contribution < 1.29 is 0 Å². The minimum atomic E-state index is -0.202. The Bertz CT molecular complexity index is 460. The molecule has 0 amide bonds. The second-order valence-electron chi connectivity index (χ2n) is 4.03. The van der Waals surface area contributed by atoms with Crippen molar-refractivity contribution in [1.29, 1.82) is 0 Å². The van der Waals surface area contributed by atoms with E-state index in [2.05, 4.69) is 42.0 Å². The zero-order valence-electron chi connectivity index (χ0n) is 9.51. The molecular weight excluding hydrogens is 198 g/mol. The summed E-state index contributed by atoms with van der Waals surface area (Å²) in [5.74, 6) is 0. The molecule has 3 nitrogen and oxygen atoms in total. The Morgan fingerprint density at radius 2 is 1.75 bits per heavy atom. The highest BCUT2D eigenvalue weighted by atomic mass is 14.8. The molecule has 3 heteroatoms. The summed E-state index contributed by atoms with van der Waals surface area (Å²) >= 11 is 0. The van der Waals surface area contributed by atoms with Crippen molar-refractivity contribution >= 4 is 0 Å². The molecule has 1 aromatic heterocycles. The van der Waals surface area contributed by atoms with E-state index in [1.54, 1.807) is 18.6 Å². The van der Waals surface area contributed by atoms with Crippen LogP contribution in [-0.4, -0.2) is 9.97 Å². The summed E-state index contributed by atoms with van der Waals surface area (Å²) in [6.07, 6.45) is 5.03. The van der Waals surface area contributed by atoms with E-state index in [1.165, 1.54) is 11.1 Å². The van der Waals surface area contributed by atoms with Crippen LogP contribution in [0.3, 0.4) is 0 Å². The summed E-state index contributed by atoms with van der Waals surface area (Å²) < 4.78 is 0. The maximum Gasteiger partial charge on any atom is 0.0799 e. The number of nitrogens with zero attached hydrogens (tertiary/aromatic N) is 2. The number of aromatic nitrogens is 2. The predicted molar refractivity (Wildman–Crippen MR) is 64.0 cm³/mol. The molecule has 1 atom stereocenters. The van der Waals surface area contributed by atoms with Gasteiger partial charge in [-0.1, -0.05) is 29.3 Å². The minimum Gasteiger partial charge on any atom is -0.319 e. The van der Waals surface area contributed by atoms with Crippen LogP contribution in [0.5, 0.6) is 0 Å². The predicted octanol–water partition coefficient (Wildman–Crippen LogP) is 2.14. The van der Waals surface area contributed by atoms with E-state index in [1.807, 2.05) is 0 Å². The summed E-state index contributed by atoms with van der Waals surface area (Å²) in [5, 5.41) is 0. The number of nitrogens with two attached hydrogens (primary N) is 1. The first-order valence-corrected chi connectivity index (χ1v) is 5.26. The molecule has 2 N–H and O–H groups in total. The summed E-state index contributed by atoms with van der Waals surface area (Å²) in [5.41, 5.74) is 10.5. The molecule has 0 aliphatic carbocycles. The molecule has 2 aromatic rings. The van der Waals surface area contributed by atoms with Gasteiger partial charge < -0.3 is 5.73 Å². The largest absolute Gasteiger partial charge is 0.319 e. The second-order valence-corrected chi connectivity index (χ2v) is 4.03. The van der Waals surface area contributed by atoms with Gasteiger partial charge in [0.1, 0.15) is 0 Å². The Labute approximate surface area is 95.4 Å². The molecule has 0 spiro atoms. The molecule has 0 aliphatic rings. The van der Waals surface area contributed by atoms with Crippen LogP contribution < -0.4 is 5.73 Å². The zero-order chi connectivity index (χ0) is 11.5. The quantitative estimate of drug-likeness (QED) is 0.831. The van der Waals surface area contributed by atoms with Gasteiger partial charge in [0, 0.05) is 12.4 Å². The average Bonchev–Trinajstić information content (AvgIpc) is 2.28. The van der Waals surface area contributed by atoms with Gasteiger partial charge in [-0.2, -0.15) is 0 Å². The van der Waals surface area contributed by atoms with Gasteiger partial charge in [-0.05, 0) is 19.4 Å². The Kier molecular flexibility index (Phi) is 2.97. The third kappa shape index (κ3) is 2.25. The molecular formula is C13H15N3. The number of aryl methyl sites for hydroxylation is 2. The first-order valence-electron chi connectivity index (χ1n) is 5.26. The van der Waals surface area contributed by atoms with Gasteiger partial charge in [-0.3, -0.25) is 9.97 Å². The lowest BCUT2D eigenvalue weighted by Crippen LogP contribution is -2.14. The van der Waals surface area contributed by atoms with Crippen LogP contribution in [0.15, 0.2) is 36.8 Å². The Morgan fingerprint density at radius 3 is 2.31 bits per heavy atom. The molecule has 0 fully saturated rings. The maximum absolute atomic E-state index is 6.15. The number of hydrogen-bond acceptors (Lipinski definition) is 3. The molecule has 0 radical (unpaired) electrons. The first-order chi connectivity index (χ1) is 7.66. The molecule has 0 aliphatic heterocycles. The highest BCUT2D eigenvalue weighted by molar-refractivity contribution is 5.33. The van der Waals surface area contributed by atoms with Crippen LogP contribution in [0.4, 0.5) is 0 Å². The van der Waals surface area contributed by atoms with Crippen molar-refractivity contribution in [1.82, 2.24) is 9.97 Å². The van der Waals surface area contributed by atoms with Crippen molar-refractivity contribution in [2.24, 2.45) is 5.73 Å². The third-order valence-electron chi connectivity index (χ3n) is 2.50. The van der Waals surface area contributed by atoms with Gasteiger partial charge in [-0.15, -0.1) is 0 Å². The van der Waals surface area contributed by atoms with E-state index in [0.29, 0.717) is 0 Å². The van der Waals surface area contributed by atoms with Gasteiger partial charge in [0.25, 0.3) is 0 Å². The monoisotopic (exact) mass is 213 g/mol. The van der Waals surface area contributed by atoms with E-state index < -0.39 is 0 Å². The molecule has 0 bridgehead atoms. The first kappa shape index (κ1) is 10.8. The second kappa shape index (κ2) is 4.41. The molecule has 1 unspecified atom stereocenters. The molecule has 0 saturated heterocycles. The fraction of sp³-hybridized carbons (Fsp3) is 0.231. The number of hydrogen-bond donors (Lipinski definition) is 1. The summed E-state index contributed by atoms with van der Waals surface area (Å²) in [6, 6.07) is 6.11. The maximum atomic E-state index is 6.15. The van der Waals surface area contributed by atoms with Gasteiger partial charge in [0.15, 0.2) is 0 Å². The number of benzene rings is 1. The number of rotatable bonds is 2. The summed E-state index contributed by atoms with van der Waals surface area (Å²) in [6.45, 7) is 4.14. The molecule has 16 heavy (non-hydrogen) atoms. The molecule has 1 aromatic carbocycles. The topological polar surface area (TPSA) is 51.8 Å². The van der Waals surface area contributed by atoms with Crippen molar-refractivity contribution in [3.05, 3.63) is 59.2 Å². The van der Waals surface area contributed by atoms with Crippen molar-refractivity contribution in [2.75, 3.05) is 0 Å². The summed E-state index contributed by atoms with van der Waals surface area (Å²) in [4.78, 5) is 8.26. The van der Waals surface area contributed by atoms with Crippen molar-refractivity contribution in [3.63, 3.8) is 0 Å². The van der Waals surface area contributed by atoms with Crippen LogP contribution in [-0.2, 0) is 0 Å². The van der Waals surface area contributed by atoms with Gasteiger partial charge in [-0.25, -0.2) is 0 Å². The van der Waals surface area contributed by atoms with Crippen LogP contribution in [0.25, 0.3) is 0 Å². The lowest BCUT2D eigenvalue weighted by Gasteiger charge is -2.12. The summed E-state index contributed by atoms with van der Waals surface area (Å²) in [7, 11) is 0. The smallest absolute Gasteiger partial charge is 0.0799 e. The third-order valence-corrected chi connectivity index (χ3v) is 2.50. The Balaban J connectivity index is 2.37. The van der Waals surface area contributed by atoms with Crippen molar-refractivity contribution in [2.45, 2.75) is 19.9 Å². The van der Waals surface area contributed by atoms with Gasteiger partial charge in [0.05, 0.1) is 17.9 Å². The van der Waals surface area contributed by atoms with E-state index in [0.717, 1.165) is 11.3 Å². The molecule has 82 valence electrons. The Morgan fingerprint density at radius 1 is 1.06 bits per heavy atom. The zero-order valence-corrected chi connectivity index (χ0v) is 9.51. The van der Waals surface area contributed by atoms with Crippen LogP contribution in [0.1, 0.15) is 28.4 Å². The normalized spacial score (nSPS) is 12.4. The highest BCUT2D eigenvalue weighted by Crippen LogP contribution is 2.19. The fourth-order valence-electron chi connectivity index (χ4n) is 1.83. The van der Waals surface area contributed by atoms with Crippen LogP contribution in [0.2, 0.25) is 0 Å². The van der Waals surface area contributed by atoms with E-state index >= 15 is 0 Å². The van der Waals surface area contributed by atoms with Gasteiger partial charge >= 0.3 is 0 Å². The molecule has 0 saturated carbocycles. The van der Waals surface area contributed by atoms with Crippen LogP contribution in [0, 0.1) is 13.8 Å². The van der Waals surface area contributed by atoms with Crippen molar-refractivity contribution in [3.8, 4) is 0 Å². The molecule has 1 heterocycles. The standard InChI is InChI=1S/C13H15N3/c1-9-5-10(2)7-11(6-9)13(14)12-8-15-3-4-16-12/h3-8,13H,14H2,1-2H3. The van der Waals surface area contributed by atoms with E-state index in [4.69, 9.17) is 5.73 Å².